The topological polar surface area (TPSA) is 60.4 Å². The van der Waals surface area contributed by atoms with Crippen LogP contribution >= 0.6 is 0 Å². The van der Waals surface area contributed by atoms with Crippen LogP contribution in [0.3, 0.4) is 0 Å². The van der Waals surface area contributed by atoms with E-state index >= 15 is 0 Å². The zero-order chi connectivity index (χ0) is 18.0. The van der Waals surface area contributed by atoms with Crippen LogP contribution in [0.4, 0.5) is 0 Å². The molecule has 0 amide bonds. The van der Waals surface area contributed by atoms with E-state index in [-0.39, 0.29) is 16.6 Å². The van der Waals surface area contributed by atoms with Crippen molar-refractivity contribution in [3.8, 4) is 0 Å². The fourth-order valence-electron chi connectivity index (χ4n) is 6.70. The van der Waals surface area contributed by atoms with E-state index in [1.54, 1.807) is 0 Å². The largest absolute Gasteiger partial charge is 0.423 e. The molecule has 0 N–H and O–H groups in total. The predicted octanol–water partition coefficient (Wildman–Crippen LogP) is 3.98. The van der Waals surface area contributed by atoms with Crippen molar-refractivity contribution in [2.24, 2.45) is 28.6 Å². The lowest BCUT2D eigenvalue weighted by Crippen LogP contribution is -2.51. The smallest absolute Gasteiger partial charge is 0.308 e. The molecule has 0 bridgehead atoms. The van der Waals surface area contributed by atoms with E-state index in [0.29, 0.717) is 35.7 Å². The SMILES string of the molecule is CC(=O)OC1=C2CCC3C4CCC(=O)C4(C)CCC3C2(C)CCC1=O. The van der Waals surface area contributed by atoms with Crippen molar-refractivity contribution in [2.75, 3.05) is 0 Å². The van der Waals surface area contributed by atoms with Gasteiger partial charge in [0.1, 0.15) is 5.78 Å². The molecular formula is C21H28O4. The van der Waals surface area contributed by atoms with Gasteiger partial charge >= 0.3 is 5.97 Å². The molecule has 5 unspecified atom stereocenters. The summed E-state index contributed by atoms with van der Waals surface area (Å²) in [7, 11) is 0. The Morgan fingerprint density at radius 1 is 0.960 bits per heavy atom. The molecular weight excluding hydrogens is 316 g/mol. The highest BCUT2D eigenvalue weighted by molar-refractivity contribution is 5.97. The van der Waals surface area contributed by atoms with Gasteiger partial charge in [-0.3, -0.25) is 14.4 Å². The van der Waals surface area contributed by atoms with Crippen molar-refractivity contribution in [3.63, 3.8) is 0 Å². The average molecular weight is 344 g/mol. The average Bonchev–Trinajstić information content (AvgIpc) is 2.86. The van der Waals surface area contributed by atoms with Gasteiger partial charge in [-0.25, -0.2) is 0 Å². The highest BCUT2D eigenvalue weighted by Gasteiger charge is 2.59. The first-order valence-corrected chi connectivity index (χ1v) is 9.76. The first-order chi connectivity index (χ1) is 11.8. The van der Waals surface area contributed by atoms with Crippen LogP contribution in [0.5, 0.6) is 0 Å². The molecule has 0 aromatic carbocycles. The number of carbonyl (C=O) groups is 3. The van der Waals surface area contributed by atoms with Gasteiger partial charge in [-0.1, -0.05) is 13.8 Å². The molecule has 3 fully saturated rings. The predicted molar refractivity (Wildman–Crippen MR) is 92.4 cm³/mol. The Kier molecular flexibility index (Phi) is 3.75. The van der Waals surface area contributed by atoms with Crippen molar-refractivity contribution in [2.45, 2.75) is 72.1 Å². The normalized spacial score (nSPS) is 43.4. The van der Waals surface area contributed by atoms with Gasteiger partial charge in [0.25, 0.3) is 0 Å². The summed E-state index contributed by atoms with van der Waals surface area (Å²) in [6, 6.07) is 0. The second-order valence-corrected chi connectivity index (χ2v) is 9.08. The van der Waals surface area contributed by atoms with Gasteiger partial charge < -0.3 is 4.74 Å². The van der Waals surface area contributed by atoms with E-state index in [1.165, 1.54) is 6.92 Å². The molecule has 0 spiro atoms. The number of carbonyl (C=O) groups excluding carboxylic acids is 3. The summed E-state index contributed by atoms with van der Waals surface area (Å²) < 4.78 is 5.38. The number of ketones is 2. The minimum Gasteiger partial charge on any atom is -0.423 e. The maximum absolute atomic E-state index is 12.5. The lowest BCUT2D eigenvalue weighted by Gasteiger charge is -2.57. The van der Waals surface area contributed by atoms with E-state index in [4.69, 9.17) is 4.74 Å². The van der Waals surface area contributed by atoms with Crippen molar-refractivity contribution in [1.29, 1.82) is 0 Å². The number of Topliss-reactive ketones (excluding diaryl/α,β-unsaturated/α-hetero) is 2. The Bertz CT molecular complexity index is 690. The van der Waals surface area contributed by atoms with E-state index in [9.17, 15) is 14.4 Å². The van der Waals surface area contributed by atoms with Crippen molar-refractivity contribution in [1.82, 2.24) is 0 Å². The van der Waals surface area contributed by atoms with Gasteiger partial charge in [0, 0.05) is 25.2 Å². The molecule has 3 saturated carbocycles. The van der Waals surface area contributed by atoms with Gasteiger partial charge in [-0.05, 0) is 67.3 Å². The van der Waals surface area contributed by atoms with Gasteiger partial charge in [-0.15, -0.1) is 0 Å². The Balaban J connectivity index is 1.72. The molecule has 0 aromatic rings. The Labute approximate surface area is 149 Å². The molecule has 5 atom stereocenters. The van der Waals surface area contributed by atoms with Crippen molar-refractivity contribution in [3.05, 3.63) is 11.3 Å². The maximum atomic E-state index is 12.5. The van der Waals surface area contributed by atoms with Crippen LogP contribution in [0.1, 0.15) is 72.1 Å². The molecule has 0 aromatic heterocycles. The fraction of sp³-hybridized carbons (Fsp3) is 0.762. The van der Waals surface area contributed by atoms with Gasteiger partial charge in [0.05, 0.1) is 0 Å². The van der Waals surface area contributed by atoms with E-state index in [2.05, 4.69) is 13.8 Å². The first kappa shape index (κ1) is 17.0. The second kappa shape index (κ2) is 5.52. The molecule has 4 rings (SSSR count). The third-order valence-electron chi connectivity index (χ3n) is 8.03. The number of hydrogen-bond donors (Lipinski definition) is 0. The molecule has 25 heavy (non-hydrogen) atoms. The molecule has 0 radical (unpaired) electrons. The molecule has 0 saturated heterocycles. The molecule has 4 nitrogen and oxygen atoms in total. The summed E-state index contributed by atoms with van der Waals surface area (Å²) in [6.45, 7) is 5.83. The first-order valence-electron chi connectivity index (χ1n) is 9.76. The van der Waals surface area contributed by atoms with Crippen LogP contribution in [0.2, 0.25) is 0 Å². The number of allylic oxidation sites excluding steroid dienone is 1. The molecule has 0 heterocycles. The van der Waals surface area contributed by atoms with Crippen LogP contribution < -0.4 is 0 Å². The Morgan fingerprint density at radius 3 is 2.40 bits per heavy atom. The standard InChI is InChI=1S/C21H28O4/c1-12(22)25-19-16-5-4-13-14-6-7-18(24)21(14,3)10-8-15(13)20(16,2)11-9-17(19)23/h13-15H,4-11H2,1-3H3. The van der Waals surface area contributed by atoms with Gasteiger partial charge in [0.15, 0.2) is 11.5 Å². The number of rotatable bonds is 1. The van der Waals surface area contributed by atoms with Crippen LogP contribution in [0.25, 0.3) is 0 Å². The van der Waals surface area contributed by atoms with Crippen LogP contribution in [-0.4, -0.2) is 17.5 Å². The minimum absolute atomic E-state index is 0.0159. The summed E-state index contributed by atoms with van der Waals surface area (Å²) in [5.74, 6) is 1.94. The molecule has 136 valence electrons. The van der Waals surface area contributed by atoms with Crippen LogP contribution in [-0.2, 0) is 19.1 Å². The minimum atomic E-state index is -0.403. The third kappa shape index (κ3) is 2.29. The highest BCUT2D eigenvalue weighted by atomic mass is 16.5. The zero-order valence-corrected chi connectivity index (χ0v) is 15.5. The molecule has 4 heteroatoms. The monoisotopic (exact) mass is 344 g/mol. The maximum Gasteiger partial charge on any atom is 0.308 e. The Hall–Kier alpha value is -1.45. The lowest BCUT2D eigenvalue weighted by molar-refractivity contribution is -0.142. The van der Waals surface area contributed by atoms with Crippen LogP contribution in [0, 0.1) is 28.6 Å². The van der Waals surface area contributed by atoms with Crippen molar-refractivity contribution < 1.29 is 19.1 Å². The van der Waals surface area contributed by atoms with E-state index in [0.717, 1.165) is 50.5 Å². The van der Waals surface area contributed by atoms with Gasteiger partial charge in [-0.2, -0.15) is 0 Å². The van der Waals surface area contributed by atoms with E-state index < -0.39 is 5.97 Å². The lowest BCUT2D eigenvalue weighted by atomic mass is 9.47. The summed E-state index contributed by atoms with van der Waals surface area (Å²) >= 11 is 0. The summed E-state index contributed by atoms with van der Waals surface area (Å²) in [5, 5.41) is 0. The van der Waals surface area contributed by atoms with Gasteiger partial charge in [0.2, 0.25) is 0 Å². The molecule has 4 aliphatic carbocycles. The zero-order valence-electron chi connectivity index (χ0n) is 15.5. The number of fused-ring (bicyclic) bond motifs is 5. The van der Waals surface area contributed by atoms with Crippen molar-refractivity contribution >= 4 is 17.5 Å². The third-order valence-corrected chi connectivity index (χ3v) is 8.03. The fourth-order valence-corrected chi connectivity index (χ4v) is 6.70. The summed E-state index contributed by atoms with van der Waals surface area (Å²) in [4.78, 5) is 36.4. The number of hydrogen-bond acceptors (Lipinski definition) is 4. The number of esters is 1. The van der Waals surface area contributed by atoms with E-state index in [1.807, 2.05) is 0 Å². The Morgan fingerprint density at radius 2 is 1.68 bits per heavy atom. The summed E-state index contributed by atoms with van der Waals surface area (Å²) in [6.07, 6.45) is 6.94. The second-order valence-electron chi connectivity index (χ2n) is 9.08. The number of ether oxygens (including phenoxy) is 1. The quantitative estimate of drug-likeness (QED) is 0.675. The molecule has 0 aliphatic heterocycles. The highest BCUT2D eigenvalue weighted by Crippen LogP contribution is 2.64. The summed E-state index contributed by atoms with van der Waals surface area (Å²) in [5.41, 5.74) is 0.893. The molecule has 4 aliphatic rings. The van der Waals surface area contributed by atoms with Crippen LogP contribution in [0.15, 0.2) is 11.3 Å².